The molecule has 5 nitrogen and oxygen atoms in total. The van der Waals surface area contributed by atoms with Gasteiger partial charge in [0.2, 0.25) is 15.9 Å². The number of rotatable bonds is 9. The minimum absolute atomic E-state index is 0.216. The van der Waals surface area contributed by atoms with Crippen LogP contribution in [-0.2, 0) is 27.9 Å². The second-order valence-corrected chi connectivity index (χ2v) is 9.84. The Morgan fingerprint density at radius 3 is 1.69 bits per heavy atom. The summed E-state index contributed by atoms with van der Waals surface area (Å²) in [4.78, 5) is 15.6. The van der Waals surface area contributed by atoms with Crippen LogP contribution in [0, 0.1) is 6.92 Å². The van der Waals surface area contributed by atoms with Crippen molar-refractivity contribution in [3.63, 3.8) is 0 Å². The third kappa shape index (κ3) is 5.98. The van der Waals surface area contributed by atoms with Gasteiger partial charge in [0.1, 0.15) is 6.04 Å². The molecule has 0 saturated heterocycles. The minimum atomic E-state index is -3.68. The first-order chi connectivity index (χ1) is 15.3. The third-order valence-corrected chi connectivity index (χ3v) is 6.52. The highest BCUT2D eigenvalue weighted by atomic mass is 32.2. The van der Waals surface area contributed by atoms with Crippen molar-refractivity contribution in [2.75, 3.05) is 10.6 Å². The van der Waals surface area contributed by atoms with Crippen LogP contribution in [0.1, 0.15) is 30.0 Å². The van der Waals surface area contributed by atoms with Gasteiger partial charge in [0, 0.05) is 13.1 Å². The highest BCUT2D eigenvalue weighted by molar-refractivity contribution is 7.92. The molecular weight excluding hydrogens is 420 g/mol. The molecule has 0 aliphatic carbocycles. The molecule has 3 rings (SSSR count). The maximum absolute atomic E-state index is 13.8. The second-order valence-electron chi connectivity index (χ2n) is 7.98. The minimum Gasteiger partial charge on any atom is -0.332 e. The van der Waals surface area contributed by atoms with Crippen LogP contribution >= 0.6 is 0 Å². The molecule has 0 N–H and O–H groups in total. The number of nitrogens with zero attached hydrogens (tertiary/aromatic N) is 2. The fourth-order valence-corrected chi connectivity index (χ4v) is 4.97. The first-order valence-electron chi connectivity index (χ1n) is 10.7. The van der Waals surface area contributed by atoms with Gasteiger partial charge in [-0.1, -0.05) is 85.3 Å². The van der Waals surface area contributed by atoms with Gasteiger partial charge >= 0.3 is 0 Å². The molecule has 0 unspecified atom stereocenters. The molecule has 3 aromatic rings. The molecule has 0 spiro atoms. The highest BCUT2D eigenvalue weighted by Gasteiger charge is 2.34. The van der Waals surface area contributed by atoms with E-state index in [2.05, 4.69) is 0 Å². The largest absolute Gasteiger partial charge is 0.332 e. The predicted molar refractivity (Wildman–Crippen MR) is 130 cm³/mol. The quantitative estimate of drug-likeness (QED) is 0.472. The molecule has 0 radical (unpaired) electrons. The maximum atomic E-state index is 13.8. The standard InChI is InChI=1S/C26H30N2O3S/c1-4-25(28(32(3,30)31)24-17-15-21(2)16-18-24)26(29)27(19-22-11-7-5-8-12-22)20-23-13-9-6-10-14-23/h5-18,25H,4,19-20H2,1-3H3/t25-/m0/s1. The summed E-state index contributed by atoms with van der Waals surface area (Å²) >= 11 is 0. The molecule has 0 bridgehead atoms. The fraction of sp³-hybridized carbons (Fsp3) is 0.269. The van der Waals surface area contributed by atoms with Gasteiger partial charge < -0.3 is 4.90 Å². The Balaban J connectivity index is 1.99. The Hall–Kier alpha value is -3.12. The normalized spacial score (nSPS) is 12.2. The number of carbonyl (C=O) groups excluding carboxylic acids is 1. The number of anilines is 1. The number of aryl methyl sites for hydroxylation is 1. The van der Waals surface area contributed by atoms with Gasteiger partial charge in [-0.15, -0.1) is 0 Å². The molecule has 1 amide bonds. The van der Waals surface area contributed by atoms with Crippen LogP contribution < -0.4 is 4.31 Å². The smallest absolute Gasteiger partial charge is 0.247 e. The van der Waals surface area contributed by atoms with E-state index in [0.29, 0.717) is 25.2 Å². The zero-order valence-electron chi connectivity index (χ0n) is 18.8. The highest BCUT2D eigenvalue weighted by Crippen LogP contribution is 2.25. The Bertz CT molecular complexity index is 1070. The summed E-state index contributed by atoms with van der Waals surface area (Å²) in [5, 5.41) is 0. The van der Waals surface area contributed by atoms with E-state index in [1.165, 1.54) is 4.31 Å². The van der Waals surface area contributed by atoms with Crippen molar-refractivity contribution < 1.29 is 13.2 Å². The van der Waals surface area contributed by atoms with E-state index in [0.717, 1.165) is 22.9 Å². The zero-order valence-corrected chi connectivity index (χ0v) is 19.6. The van der Waals surface area contributed by atoms with Crippen molar-refractivity contribution in [2.24, 2.45) is 0 Å². The second kappa shape index (κ2) is 10.5. The average Bonchev–Trinajstić information content (AvgIpc) is 2.78. The summed E-state index contributed by atoms with van der Waals surface area (Å²) in [5.41, 5.74) is 3.51. The summed E-state index contributed by atoms with van der Waals surface area (Å²) < 4.78 is 26.9. The molecule has 32 heavy (non-hydrogen) atoms. The summed E-state index contributed by atoms with van der Waals surface area (Å²) in [6, 6.07) is 25.9. The topological polar surface area (TPSA) is 57.7 Å². The zero-order chi connectivity index (χ0) is 23.1. The van der Waals surface area contributed by atoms with Crippen LogP contribution in [-0.4, -0.2) is 31.5 Å². The van der Waals surface area contributed by atoms with Gasteiger partial charge in [0.25, 0.3) is 0 Å². The van der Waals surface area contributed by atoms with Crippen LogP contribution in [0.4, 0.5) is 5.69 Å². The van der Waals surface area contributed by atoms with E-state index in [-0.39, 0.29) is 5.91 Å². The number of amides is 1. The van der Waals surface area contributed by atoms with E-state index >= 15 is 0 Å². The van der Waals surface area contributed by atoms with Crippen molar-refractivity contribution in [1.29, 1.82) is 0 Å². The monoisotopic (exact) mass is 450 g/mol. The molecule has 0 heterocycles. The summed E-state index contributed by atoms with van der Waals surface area (Å²) in [7, 11) is -3.68. The van der Waals surface area contributed by atoms with E-state index in [9.17, 15) is 13.2 Å². The SMILES string of the molecule is CC[C@@H](C(=O)N(Cc1ccccc1)Cc1ccccc1)N(c1ccc(C)cc1)S(C)(=O)=O. The molecule has 1 atom stereocenters. The molecular formula is C26H30N2O3S. The van der Waals surface area contributed by atoms with Crippen LogP contribution in [0.25, 0.3) is 0 Å². The molecule has 168 valence electrons. The van der Waals surface area contributed by atoms with Crippen molar-refractivity contribution >= 4 is 21.6 Å². The number of benzene rings is 3. The van der Waals surface area contributed by atoms with E-state index < -0.39 is 16.1 Å². The Kier molecular flexibility index (Phi) is 7.70. The number of hydrogen-bond acceptors (Lipinski definition) is 3. The molecule has 0 aliphatic heterocycles. The first-order valence-corrected chi connectivity index (χ1v) is 12.6. The fourth-order valence-electron chi connectivity index (χ4n) is 3.77. The van der Waals surface area contributed by atoms with Crippen LogP contribution in [0.2, 0.25) is 0 Å². The van der Waals surface area contributed by atoms with Crippen molar-refractivity contribution in [3.05, 3.63) is 102 Å². The van der Waals surface area contributed by atoms with Gasteiger partial charge in [-0.3, -0.25) is 9.10 Å². The van der Waals surface area contributed by atoms with Gasteiger partial charge in [0.05, 0.1) is 11.9 Å². The lowest BCUT2D eigenvalue weighted by Gasteiger charge is -2.34. The number of hydrogen-bond donors (Lipinski definition) is 0. The molecule has 0 fully saturated rings. The van der Waals surface area contributed by atoms with Crippen LogP contribution in [0.5, 0.6) is 0 Å². The van der Waals surface area contributed by atoms with Crippen LogP contribution in [0.15, 0.2) is 84.9 Å². The summed E-state index contributed by atoms with van der Waals surface area (Å²) in [6.07, 6.45) is 1.52. The van der Waals surface area contributed by atoms with Gasteiger partial charge in [-0.2, -0.15) is 0 Å². The van der Waals surface area contributed by atoms with Gasteiger partial charge in [-0.05, 0) is 36.6 Å². The first kappa shape index (κ1) is 23.5. The average molecular weight is 451 g/mol. The Morgan fingerprint density at radius 2 is 1.28 bits per heavy atom. The molecule has 0 saturated carbocycles. The molecule has 3 aromatic carbocycles. The molecule has 0 aliphatic rings. The third-order valence-electron chi connectivity index (χ3n) is 5.34. The van der Waals surface area contributed by atoms with E-state index in [1.807, 2.05) is 86.6 Å². The van der Waals surface area contributed by atoms with Gasteiger partial charge in [-0.25, -0.2) is 8.42 Å². The van der Waals surface area contributed by atoms with Crippen LogP contribution in [0.3, 0.4) is 0 Å². The predicted octanol–water partition coefficient (Wildman–Crippen LogP) is 4.77. The van der Waals surface area contributed by atoms with Crippen molar-refractivity contribution in [3.8, 4) is 0 Å². The molecule has 0 aromatic heterocycles. The lowest BCUT2D eigenvalue weighted by molar-refractivity contribution is -0.133. The Morgan fingerprint density at radius 1 is 0.812 bits per heavy atom. The lowest BCUT2D eigenvalue weighted by atomic mass is 10.1. The van der Waals surface area contributed by atoms with Crippen molar-refractivity contribution in [2.45, 2.75) is 39.4 Å². The Labute approximate surface area is 191 Å². The van der Waals surface area contributed by atoms with Gasteiger partial charge in [0.15, 0.2) is 0 Å². The van der Waals surface area contributed by atoms with E-state index in [4.69, 9.17) is 0 Å². The summed E-state index contributed by atoms with van der Waals surface area (Å²) in [5.74, 6) is -0.216. The van der Waals surface area contributed by atoms with E-state index in [1.54, 1.807) is 17.0 Å². The van der Waals surface area contributed by atoms with Crippen molar-refractivity contribution in [1.82, 2.24) is 4.90 Å². The summed E-state index contributed by atoms with van der Waals surface area (Å²) in [6.45, 7) is 4.59. The lowest BCUT2D eigenvalue weighted by Crippen LogP contribution is -2.50. The number of sulfonamides is 1. The maximum Gasteiger partial charge on any atom is 0.247 e. The number of carbonyl (C=O) groups is 1. The molecule has 6 heteroatoms.